The number of benzene rings is 4. The Kier molecular flexibility index (Phi) is 8.71. The van der Waals surface area contributed by atoms with Crippen LogP contribution in [0.1, 0.15) is 44.1 Å². The van der Waals surface area contributed by atoms with Crippen molar-refractivity contribution in [2.45, 2.75) is 49.0 Å². The summed E-state index contributed by atoms with van der Waals surface area (Å²) in [6.45, 7) is -0.790. The molecule has 1 saturated heterocycles. The number of rotatable bonds is 3. The van der Waals surface area contributed by atoms with Crippen LogP contribution in [0.4, 0.5) is 0 Å². The van der Waals surface area contributed by atoms with E-state index in [1.807, 2.05) is 0 Å². The number of fused-ring (bicyclic) bond motifs is 6. The third-order valence-electron chi connectivity index (χ3n) is 9.12. The van der Waals surface area contributed by atoms with Crippen molar-refractivity contribution >= 4 is 11.9 Å². The molecule has 0 aromatic heterocycles. The monoisotopic (exact) mass is 738 g/mol. The Hall–Kier alpha value is -6.18. The summed E-state index contributed by atoms with van der Waals surface area (Å²) in [7, 11) is 0. The van der Waals surface area contributed by atoms with Crippen LogP contribution >= 0.6 is 0 Å². The molecule has 1 fully saturated rings. The van der Waals surface area contributed by atoms with Gasteiger partial charge in [0.2, 0.25) is 6.29 Å². The van der Waals surface area contributed by atoms with Gasteiger partial charge in [-0.25, -0.2) is 9.59 Å². The van der Waals surface area contributed by atoms with Crippen LogP contribution in [0, 0.1) is 0 Å². The quantitative estimate of drug-likeness (QED) is 0.105. The minimum absolute atomic E-state index is 0.0731. The number of aliphatic hydroxyl groups excluding tert-OH is 3. The molecule has 3 unspecified atom stereocenters. The second kappa shape index (κ2) is 13.1. The topological polar surface area (TPSA) is 303 Å². The molecule has 18 nitrogen and oxygen atoms in total. The normalized spacial score (nSPS) is 26.7. The molecule has 4 aromatic carbocycles. The van der Waals surface area contributed by atoms with Crippen molar-refractivity contribution < 1.29 is 89.4 Å². The van der Waals surface area contributed by atoms with Gasteiger partial charge in [0, 0.05) is 23.3 Å². The van der Waals surface area contributed by atoms with E-state index in [1.165, 1.54) is 6.07 Å². The molecule has 3 aliphatic rings. The molecular weight excluding hydrogens is 708 g/mol. The predicted molar refractivity (Wildman–Crippen MR) is 171 cm³/mol. The summed E-state index contributed by atoms with van der Waals surface area (Å²) in [5.41, 5.74) is -2.20. The molecular formula is C35H30O18. The molecule has 0 aliphatic carbocycles. The van der Waals surface area contributed by atoms with E-state index in [0.29, 0.717) is 0 Å². The highest BCUT2D eigenvalue weighted by Crippen LogP contribution is 2.51. The van der Waals surface area contributed by atoms with E-state index in [0.717, 1.165) is 48.5 Å². The maximum absolute atomic E-state index is 13.9. The third kappa shape index (κ3) is 6.03. The van der Waals surface area contributed by atoms with Crippen LogP contribution in [0.15, 0.2) is 54.6 Å². The van der Waals surface area contributed by atoms with E-state index in [4.69, 9.17) is 23.7 Å². The third-order valence-corrected chi connectivity index (χ3v) is 9.12. The van der Waals surface area contributed by atoms with Gasteiger partial charge in [0.1, 0.15) is 60.5 Å². The summed E-state index contributed by atoms with van der Waals surface area (Å²) < 4.78 is 28.7. The van der Waals surface area contributed by atoms with Gasteiger partial charge in [-0.1, -0.05) is 6.07 Å². The Bertz CT molecular complexity index is 2130. The first kappa shape index (κ1) is 35.2. The number of carbonyl (C=O) groups is 2. The van der Waals surface area contributed by atoms with Crippen molar-refractivity contribution in [3.63, 3.8) is 0 Å². The fourth-order valence-electron chi connectivity index (χ4n) is 6.48. The molecule has 8 atom stereocenters. The summed E-state index contributed by atoms with van der Waals surface area (Å²) in [6, 6.07) is 8.93. The van der Waals surface area contributed by atoms with E-state index >= 15 is 0 Å². The molecule has 278 valence electrons. The molecule has 53 heavy (non-hydrogen) atoms. The second-order valence-electron chi connectivity index (χ2n) is 12.4. The van der Waals surface area contributed by atoms with Gasteiger partial charge in [0.25, 0.3) is 0 Å². The van der Waals surface area contributed by atoms with E-state index in [9.17, 15) is 65.8 Å². The number of cyclic esters (lactones) is 1. The van der Waals surface area contributed by atoms with Crippen LogP contribution in [0.25, 0.3) is 11.1 Å². The Morgan fingerprint density at radius 3 is 2.02 bits per heavy atom. The molecule has 0 saturated carbocycles. The lowest BCUT2D eigenvalue weighted by atomic mass is 9.90. The van der Waals surface area contributed by atoms with Crippen molar-refractivity contribution in [3.05, 3.63) is 76.9 Å². The number of aromatic hydroxyl groups is 8. The predicted octanol–water partition coefficient (Wildman–Crippen LogP) is 1.39. The van der Waals surface area contributed by atoms with Crippen molar-refractivity contribution in [3.8, 4) is 62.9 Å². The number of carbonyl (C=O) groups excluding carboxylic acids is 2. The first-order valence-electron chi connectivity index (χ1n) is 15.7. The summed E-state index contributed by atoms with van der Waals surface area (Å²) in [5, 5.41) is 117. The Morgan fingerprint density at radius 2 is 1.30 bits per heavy atom. The lowest BCUT2D eigenvalue weighted by molar-refractivity contribution is -0.310. The molecule has 11 N–H and O–H groups in total. The molecule has 2 bridgehead atoms. The minimum Gasteiger partial charge on any atom is -0.508 e. The van der Waals surface area contributed by atoms with Crippen LogP contribution in [0.3, 0.4) is 0 Å². The molecule has 3 heterocycles. The van der Waals surface area contributed by atoms with Gasteiger partial charge >= 0.3 is 11.9 Å². The number of hydrogen-bond donors (Lipinski definition) is 11. The van der Waals surface area contributed by atoms with Gasteiger partial charge in [0.15, 0.2) is 40.6 Å². The van der Waals surface area contributed by atoms with Crippen molar-refractivity contribution in [2.75, 3.05) is 6.61 Å². The number of phenols is 8. The van der Waals surface area contributed by atoms with Gasteiger partial charge in [-0.15, -0.1) is 0 Å². The Labute approximate surface area is 296 Å². The number of esters is 2. The van der Waals surface area contributed by atoms with Gasteiger partial charge in [-0.2, -0.15) is 0 Å². The minimum atomic E-state index is -2.05. The molecule has 0 spiro atoms. The smallest absolute Gasteiger partial charge is 0.341 e. The zero-order valence-corrected chi connectivity index (χ0v) is 26.8. The number of hydrogen-bond acceptors (Lipinski definition) is 18. The van der Waals surface area contributed by atoms with Crippen LogP contribution in [0.2, 0.25) is 0 Å². The fourth-order valence-corrected chi connectivity index (χ4v) is 6.48. The lowest BCUT2D eigenvalue weighted by Crippen LogP contribution is -2.61. The molecule has 0 amide bonds. The van der Waals surface area contributed by atoms with Gasteiger partial charge in [-0.05, 0) is 42.0 Å². The molecule has 7 rings (SSSR count). The van der Waals surface area contributed by atoms with Crippen LogP contribution < -0.4 is 4.74 Å². The van der Waals surface area contributed by atoms with Gasteiger partial charge < -0.3 is 79.9 Å². The highest BCUT2D eigenvalue weighted by Gasteiger charge is 2.52. The van der Waals surface area contributed by atoms with Crippen LogP contribution in [-0.4, -0.2) is 112 Å². The molecule has 3 aliphatic heterocycles. The first-order chi connectivity index (χ1) is 25.1. The fraction of sp³-hybridized carbons (Fsp3) is 0.257. The largest absolute Gasteiger partial charge is 0.508 e. The van der Waals surface area contributed by atoms with E-state index in [-0.39, 0.29) is 16.9 Å². The van der Waals surface area contributed by atoms with Crippen molar-refractivity contribution in [1.82, 2.24) is 0 Å². The highest BCUT2D eigenvalue weighted by molar-refractivity contribution is 6.06. The molecule has 18 heteroatoms. The second-order valence-corrected chi connectivity index (χ2v) is 12.4. The summed E-state index contributed by atoms with van der Waals surface area (Å²) in [5.74, 6) is -8.33. The zero-order chi connectivity index (χ0) is 38.0. The van der Waals surface area contributed by atoms with Crippen LogP contribution in [-0.2, 0) is 18.9 Å². The number of ether oxygens (including phenoxy) is 5. The lowest BCUT2D eigenvalue weighted by Gasteiger charge is -2.45. The maximum Gasteiger partial charge on any atom is 0.341 e. The van der Waals surface area contributed by atoms with E-state index in [1.54, 1.807) is 0 Å². The van der Waals surface area contributed by atoms with Gasteiger partial charge in [-0.3, -0.25) is 0 Å². The summed E-state index contributed by atoms with van der Waals surface area (Å²) in [6.07, 6.45) is -14.6. The van der Waals surface area contributed by atoms with Crippen LogP contribution in [0.5, 0.6) is 51.7 Å². The van der Waals surface area contributed by atoms with Gasteiger partial charge in [0.05, 0.1) is 16.7 Å². The molecule has 4 aromatic rings. The number of aliphatic hydroxyl groups is 3. The number of phenolic OH excluding ortho intramolecular Hbond substituents is 8. The van der Waals surface area contributed by atoms with Crippen molar-refractivity contribution in [2.24, 2.45) is 0 Å². The maximum atomic E-state index is 13.9. The summed E-state index contributed by atoms with van der Waals surface area (Å²) in [4.78, 5) is 27.2. The average molecular weight is 739 g/mol. The average Bonchev–Trinajstić information content (AvgIpc) is 3.10. The summed E-state index contributed by atoms with van der Waals surface area (Å²) >= 11 is 0. The Balaban J connectivity index is 1.32. The molecule has 0 radical (unpaired) electrons. The zero-order valence-electron chi connectivity index (χ0n) is 26.8. The SMILES string of the molecule is O=C1O[C@H]2O[C@H](COC(=O)c3ccc(O)c(O)c3-c3cc(O)c(O)cc31)[C@@H](O)[C@H](O)[C@H]2OC1c2c(O)cc(O)cc2OC(c2ccc(O)c(O)c2)C1O. The standard InChI is InChI=1S/C35H30O18/c36-12-6-21(42)25-22(7-12)50-30(11-1-3-16(37)18(39)5-11)29(46)31(25)52-32-28(45)27(44)23-10-49-33(47)13-2-4-17(38)26(43)24(13)14-8-19(40)20(41)9-15(14)34(48)53-35(32)51-23/h1-9,23,27-32,35-46H,10H2/t23-,27-,28+,29?,30?,31?,32-,35-/m1/s1. The first-order valence-corrected chi connectivity index (χ1v) is 15.7. The van der Waals surface area contributed by atoms with E-state index < -0.39 is 136 Å². The Morgan fingerprint density at radius 1 is 0.623 bits per heavy atom. The van der Waals surface area contributed by atoms with E-state index in [2.05, 4.69) is 0 Å². The van der Waals surface area contributed by atoms with Crippen molar-refractivity contribution in [1.29, 1.82) is 0 Å². The highest BCUT2D eigenvalue weighted by atomic mass is 16.7.